The Morgan fingerprint density at radius 2 is 1.48 bits per heavy atom. The summed E-state index contributed by atoms with van der Waals surface area (Å²) in [6, 6.07) is 0. The topological polar surface area (TPSA) is 127 Å². The van der Waals surface area contributed by atoms with Crippen molar-refractivity contribution in [3.8, 4) is 0 Å². The van der Waals surface area contributed by atoms with Crippen LogP contribution in [0.1, 0.15) is 118 Å². The molecule has 8 nitrogen and oxygen atoms in total. The van der Waals surface area contributed by atoms with Crippen LogP contribution in [0.25, 0.3) is 0 Å². The number of ether oxygens (including phenoxy) is 2. The SMILES string of the molecule is CC(CC(CC(C)(C)C(=O)O)C(=O)OC12CC3CC(C1)C(=O)C(C3)C2)C(=O)OC(C)(C)C12CC3CC(CC(O)(C3)C1)C2. The number of ketones is 1. The van der Waals surface area contributed by atoms with Gasteiger partial charge in [0.25, 0.3) is 0 Å². The highest BCUT2D eigenvalue weighted by atomic mass is 16.6. The number of esters is 2. The van der Waals surface area contributed by atoms with Crippen LogP contribution in [0.3, 0.4) is 0 Å². The predicted octanol–water partition coefficient (Wildman–Crippen LogP) is 5.47. The second-order valence-electron chi connectivity index (χ2n) is 17.0. The molecule has 234 valence electrons. The van der Waals surface area contributed by atoms with Crippen molar-refractivity contribution in [1.82, 2.24) is 0 Å². The number of carboxylic acids is 1. The van der Waals surface area contributed by atoms with E-state index in [1.807, 2.05) is 13.8 Å². The maximum atomic E-state index is 13.8. The molecular weight excluding hydrogens is 536 g/mol. The molecule has 8 rings (SSSR count). The molecule has 0 heterocycles. The molecule has 0 aromatic heterocycles. The van der Waals surface area contributed by atoms with Crippen molar-refractivity contribution in [2.24, 2.45) is 52.3 Å². The Morgan fingerprint density at radius 1 is 0.881 bits per heavy atom. The number of hydrogen-bond acceptors (Lipinski definition) is 7. The monoisotopic (exact) mass is 586 g/mol. The summed E-state index contributed by atoms with van der Waals surface area (Å²) in [6.07, 6.45) is 9.20. The molecule has 8 bridgehead atoms. The molecule has 8 saturated carbocycles. The molecule has 8 fully saturated rings. The number of aliphatic hydroxyl groups is 1. The van der Waals surface area contributed by atoms with Crippen molar-refractivity contribution in [2.75, 3.05) is 0 Å². The van der Waals surface area contributed by atoms with Crippen LogP contribution in [0, 0.1) is 52.3 Å². The van der Waals surface area contributed by atoms with Crippen molar-refractivity contribution in [1.29, 1.82) is 0 Å². The number of Topliss-reactive ketones (excluding diaryl/α,β-unsaturated/α-hetero) is 1. The molecule has 0 spiro atoms. The molecular formula is C34H50O8. The standard InChI is InChI=1S/C34H50O8/c1-19(27(36)41-31(4,5)32-10-21-7-22(11-32)13-33(40,12-21)18-32)6-25(15-30(2,3)29(38)39)28(37)42-34-14-20-8-23(16-34)26(35)24(9-20)17-34/h19-25,40H,6-18H2,1-5H3,(H,38,39). The summed E-state index contributed by atoms with van der Waals surface area (Å²) in [5.41, 5.74) is -3.54. The minimum absolute atomic E-state index is 0.0447. The minimum Gasteiger partial charge on any atom is -0.481 e. The van der Waals surface area contributed by atoms with E-state index in [1.165, 1.54) is 0 Å². The average molecular weight is 587 g/mol. The van der Waals surface area contributed by atoms with Crippen molar-refractivity contribution in [3.05, 3.63) is 0 Å². The third-order valence-corrected chi connectivity index (χ3v) is 12.6. The zero-order valence-electron chi connectivity index (χ0n) is 26.1. The van der Waals surface area contributed by atoms with Crippen LogP contribution >= 0.6 is 0 Å². The van der Waals surface area contributed by atoms with Gasteiger partial charge in [-0.2, -0.15) is 0 Å². The Bertz CT molecular complexity index is 1140. The van der Waals surface area contributed by atoms with Crippen LogP contribution in [-0.4, -0.2) is 50.7 Å². The van der Waals surface area contributed by atoms with Gasteiger partial charge in [0.05, 0.1) is 22.9 Å². The maximum Gasteiger partial charge on any atom is 0.309 e. The number of carbonyl (C=O) groups excluding carboxylic acids is 3. The molecule has 2 N–H and O–H groups in total. The Labute approximate surface area is 249 Å². The Hall–Kier alpha value is -1.96. The average Bonchev–Trinajstić information content (AvgIpc) is 2.84. The van der Waals surface area contributed by atoms with E-state index in [0.29, 0.717) is 42.8 Å². The van der Waals surface area contributed by atoms with E-state index >= 15 is 0 Å². The van der Waals surface area contributed by atoms with Crippen LogP contribution in [0.4, 0.5) is 0 Å². The first-order valence-corrected chi connectivity index (χ1v) is 16.4. The molecule has 8 heteroatoms. The van der Waals surface area contributed by atoms with Crippen molar-refractivity contribution >= 4 is 23.7 Å². The summed E-state index contributed by atoms with van der Waals surface area (Å²) in [6.45, 7) is 8.90. The van der Waals surface area contributed by atoms with Crippen LogP contribution in [0.2, 0.25) is 0 Å². The van der Waals surface area contributed by atoms with Gasteiger partial charge in [-0.1, -0.05) is 6.92 Å². The van der Waals surface area contributed by atoms with Crippen molar-refractivity contribution in [3.63, 3.8) is 0 Å². The molecule has 8 aliphatic carbocycles. The molecule has 42 heavy (non-hydrogen) atoms. The van der Waals surface area contributed by atoms with Gasteiger partial charge in [-0.25, -0.2) is 0 Å². The van der Waals surface area contributed by atoms with E-state index in [4.69, 9.17) is 9.47 Å². The highest BCUT2D eigenvalue weighted by molar-refractivity contribution is 5.86. The lowest BCUT2D eigenvalue weighted by molar-refractivity contribution is -0.234. The van der Waals surface area contributed by atoms with Gasteiger partial charge in [-0.05, 0) is 129 Å². The summed E-state index contributed by atoms with van der Waals surface area (Å²) >= 11 is 0. The van der Waals surface area contributed by atoms with E-state index in [1.54, 1.807) is 20.8 Å². The molecule has 6 atom stereocenters. The summed E-state index contributed by atoms with van der Waals surface area (Å²) < 4.78 is 12.6. The molecule has 0 saturated heterocycles. The number of hydrogen-bond donors (Lipinski definition) is 2. The maximum absolute atomic E-state index is 13.8. The highest BCUT2D eigenvalue weighted by Gasteiger charge is 2.63. The Morgan fingerprint density at radius 3 is 2.02 bits per heavy atom. The molecule has 6 unspecified atom stereocenters. The van der Waals surface area contributed by atoms with Gasteiger partial charge in [0.2, 0.25) is 0 Å². The zero-order valence-corrected chi connectivity index (χ0v) is 26.1. The fourth-order valence-electron chi connectivity index (χ4n) is 11.0. The van der Waals surface area contributed by atoms with Gasteiger partial charge in [-0.15, -0.1) is 0 Å². The van der Waals surface area contributed by atoms with Crippen molar-refractivity contribution in [2.45, 2.75) is 135 Å². The summed E-state index contributed by atoms with van der Waals surface area (Å²) in [4.78, 5) is 52.2. The Balaban J connectivity index is 1.16. The number of carboxylic acid groups (broad SMARTS) is 1. The first-order chi connectivity index (χ1) is 19.4. The number of rotatable bonds is 10. The molecule has 0 aromatic carbocycles. The first kappa shape index (κ1) is 30.1. The van der Waals surface area contributed by atoms with Gasteiger partial charge in [0.15, 0.2) is 0 Å². The summed E-state index contributed by atoms with van der Waals surface area (Å²) in [5.74, 6) is -1.74. The smallest absolute Gasteiger partial charge is 0.309 e. The second-order valence-corrected chi connectivity index (χ2v) is 17.0. The van der Waals surface area contributed by atoms with Crippen LogP contribution in [0.15, 0.2) is 0 Å². The summed E-state index contributed by atoms with van der Waals surface area (Å²) in [5, 5.41) is 21.1. The van der Waals surface area contributed by atoms with Gasteiger partial charge >= 0.3 is 17.9 Å². The van der Waals surface area contributed by atoms with E-state index < -0.39 is 52.0 Å². The minimum atomic E-state index is -1.18. The lowest BCUT2D eigenvalue weighted by Crippen LogP contribution is -2.63. The fraction of sp³-hybridized carbons (Fsp3) is 0.882. The third-order valence-electron chi connectivity index (χ3n) is 12.6. The number of carbonyl (C=O) groups is 4. The van der Waals surface area contributed by atoms with Crippen molar-refractivity contribution < 1.29 is 38.9 Å². The van der Waals surface area contributed by atoms with Crippen LogP contribution < -0.4 is 0 Å². The highest BCUT2D eigenvalue weighted by Crippen LogP contribution is 2.65. The van der Waals surface area contributed by atoms with Gasteiger partial charge in [0, 0.05) is 17.3 Å². The van der Waals surface area contributed by atoms with Gasteiger partial charge in [0.1, 0.15) is 17.0 Å². The van der Waals surface area contributed by atoms with Gasteiger partial charge in [-0.3, -0.25) is 19.2 Å². The number of aliphatic carboxylic acids is 1. The molecule has 0 aromatic rings. The predicted molar refractivity (Wildman–Crippen MR) is 153 cm³/mol. The van der Waals surface area contributed by atoms with E-state index in [-0.39, 0.29) is 30.1 Å². The fourth-order valence-corrected chi connectivity index (χ4v) is 11.0. The molecule has 0 aliphatic heterocycles. The quantitative estimate of drug-likeness (QED) is 0.323. The second kappa shape index (κ2) is 9.77. The molecule has 0 amide bonds. The zero-order chi connectivity index (χ0) is 30.5. The van der Waals surface area contributed by atoms with E-state index in [0.717, 1.165) is 51.4 Å². The lowest BCUT2D eigenvalue weighted by Gasteiger charge is -2.64. The largest absolute Gasteiger partial charge is 0.481 e. The van der Waals surface area contributed by atoms with E-state index in [9.17, 15) is 29.4 Å². The normalized spacial score (nSPS) is 41.5. The first-order valence-electron chi connectivity index (χ1n) is 16.4. The Kier molecular flexibility index (Phi) is 7.00. The lowest BCUT2D eigenvalue weighted by atomic mass is 9.44. The van der Waals surface area contributed by atoms with Crippen LogP contribution in [0.5, 0.6) is 0 Å². The van der Waals surface area contributed by atoms with Crippen LogP contribution in [-0.2, 0) is 28.7 Å². The third kappa shape index (κ3) is 5.11. The summed E-state index contributed by atoms with van der Waals surface area (Å²) in [7, 11) is 0. The van der Waals surface area contributed by atoms with Gasteiger partial charge < -0.3 is 19.7 Å². The van der Waals surface area contributed by atoms with E-state index in [2.05, 4.69) is 0 Å². The molecule has 8 aliphatic rings. The molecule has 0 radical (unpaired) electrons.